The molecular formula is C8H18O. The molecule has 0 aromatic heterocycles. The molecule has 0 amide bonds. The summed E-state index contributed by atoms with van der Waals surface area (Å²) in [6.45, 7) is 5.53. The Hall–Kier alpha value is -0.0400. The van der Waals surface area contributed by atoms with Crippen LogP contribution < -0.4 is 0 Å². The minimum Gasteiger partial charge on any atom is -0.373 e. The highest BCUT2D eigenvalue weighted by atomic mass is 16.6. The minimum atomic E-state index is 0. The second-order valence-electron chi connectivity index (χ2n) is 2.93. The molecule has 1 heteroatoms. The molecule has 0 bridgehead atoms. The van der Waals surface area contributed by atoms with Gasteiger partial charge in [-0.2, -0.15) is 0 Å². The van der Waals surface area contributed by atoms with Crippen molar-refractivity contribution < 1.29 is 4.74 Å². The summed E-state index contributed by atoms with van der Waals surface area (Å²) in [5.41, 5.74) is 0. The van der Waals surface area contributed by atoms with Gasteiger partial charge in [0.1, 0.15) is 0 Å². The fourth-order valence-electron chi connectivity index (χ4n) is 0.754. The van der Waals surface area contributed by atoms with Gasteiger partial charge in [-0.15, -0.1) is 0 Å². The van der Waals surface area contributed by atoms with E-state index in [1.165, 1.54) is 12.8 Å². The van der Waals surface area contributed by atoms with Crippen molar-refractivity contribution in [1.82, 2.24) is 0 Å². The van der Waals surface area contributed by atoms with Gasteiger partial charge in [0.05, 0.1) is 12.7 Å². The van der Waals surface area contributed by atoms with E-state index >= 15 is 0 Å². The molecule has 1 saturated heterocycles. The lowest BCUT2D eigenvalue weighted by molar-refractivity contribution is 0.378. The van der Waals surface area contributed by atoms with E-state index in [9.17, 15) is 0 Å². The average molecular weight is 130 g/mol. The molecule has 56 valence electrons. The molecule has 1 rings (SSSR count). The highest BCUT2D eigenvalue weighted by Gasteiger charge is 2.21. The maximum Gasteiger partial charge on any atom is 0.0810 e. The van der Waals surface area contributed by atoms with Crippen molar-refractivity contribution in [2.75, 3.05) is 6.61 Å². The standard InChI is InChI=1S/C7H14O.CH4/c1-6(2)3-4-7-5-8-7;/h6-7H,3-5H2,1-2H3;1H4. The van der Waals surface area contributed by atoms with Crippen LogP contribution in [-0.4, -0.2) is 12.7 Å². The molecule has 0 saturated carbocycles. The van der Waals surface area contributed by atoms with Gasteiger partial charge >= 0.3 is 0 Å². The van der Waals surface area contributed by atoms with E-state index < -0.39 is 0 Å². The molecule has 0 spiro atoms. The molecule has 0 aromatic carbocycles. The molecule has 0 N–H and O–H groups in total. The van der Waals surface area contributed by atoms with Crippen molar-refractivity contribution in [2.45, 2.75) is 40.2 Å². The molecule has 1 heterocycles. The first-order chi connectivity index (χ1) is 3.79. The first-order valence-electron chi connectivity index (χ1n) is 3.40. The molecule has 1 nitrogen and oxygen atoms in total. The third kappa shape index (κ3) is 4.46. The normalized spacial score (nSPS) is 23.7. The Morgan fingerprint density at radius 3 is 2.44 bits per heavy atom. The zero-order valence-electron chi connectivity index (χ0n) is 5.68. The third-order valence-electron chi connectivity index (χ3n) is 1.47. The van der Waals surface area contributed by atoms with Gasteiger partial charge in [0.2, 0.25) is 0 Å². The van der Waals surface area contributed by atoms with Crippen molar-refractivity contribution in [3.63, 3.8) is 0 Å². The first-order valence-corrected chi connectivity index (χ1v) is 3.40. The Morgan fingerprint density at radius 2 is 2.11 bits per heavy atom. The Kier molecular flexibility index (Phi) is 3.87. The van der Waals surface area contributed by atoms with Crippen LogP contribution in [0.25, 0.3) is 0 Å². The van der Waals surface area contributed by atoms with Crippen LogP contribution in [0.3, 0.4) is 0 Å². The molecule has 9 heavy (non-hydrogen) atoms. The second-order valence-corrected chi connectivity index (χ2v) is 2.93. The molecule has 0 aliphatic carbocycles. The second kappa shape index (κ2) is 3.89. The number of rotatable bonds is 3. The van der Waals surface area contributed by atoms with Gasteiger partial charge in [0.25, 0.3) is 0 Å². The van der Waals surface area contributed by atoms with Crippen LogP contribution in [-0.2, 0) is 4.74 Å². The van der Waals surface area contributed by atoms with Gasteiger partial charge in [-0.3, -0.25) is 0 Å². The van der Waals surface area contributed by atoms with Gasteiger partial charge < -0.3 is 4.74 Å². The van der Waals surface area contributed by atoms with E-state index in [4.69, 9.17) is 4.74 Å². The molecule has 1 atom stereocenters. The maximum atomic E-state index is 5.06. The van der Waals surface area contributed by atoms with Gasteiger partial charge in [-0.1, -0.05) is 21.3 Å². The Bertz CT molecular complexity index is 63.0. The van der Waals surface area contributed by atoms with E-state index in [2.05, 4.69) is 13.8 Å². The van der Waals surface area contributed by atoms with E-state index in [-0.39, 0.29) is 7.43 Å². The quantitative estimate of drug-likeness (QED) is 0.535. The van der Waals surface area contributed by atoms with Crippen LogP contribution in [0.2, 0.25) is 0 Å². The monoisotopic (exact) mass is 130 g/mol. The van der Waals surface area contributed by atoms with Crippen molar-refractivity contribution in [3.8, 4) is 0 Å². The Morgan fingerprint density at radius 1 is 1.56 bits per heavy atom. The molecular weight excluding hydrogens is 112 g/mol. The van der Waals surface area contributed by atoms with Gasteiger partial charge in [-0.25, -0.2) is 0 Å². The summed E-state index contributed by atoms with van der Waals surface area (Å²) in [5.74, 6) is 0.846. The van der Waals surface area contributed by atoms with Crippen LogP contribution in [0.15, 0.2) is 0 Å². The Balaban J connectivity index is 0.000000640. The Labute approximate surface area is 58.4 Å². The lowest BCUT2D eigenvalue weighted by Gasteiger charge is -1.98. The summed E-state index contributed by atoms with van der Waals surface area (Å²) in [7, 11) is 0. The molecule has 1 fully saturated rings. The highest BCUT2D eigenvalue weighted by molar-refractivity contribution is 4.68. The van der Waals surface area contributed by atoms with E-state index in [0.29, 0.717) is 6.10 Å². The largest absolute Gasteiger partial charge is 0.373 e. The van der Waals surface area contributed by atoms with Gasteiger partial charge in [-0.05, 0) is 18.8 Å². The fourth-order valence-corrected chi connectivity index (χ4v) is 0.754. The van der Waals surface area contributed by atoms with Crippen molar-refractivity contribution in [2.24, 2.45) is 5.92 Å². The predicted octanol–water partition coefficient (Wildman–Crippen LogP) is 2.46. The number of hydrogen-bond donors (Lipinski definition) is 0. The van der Waals surface area contributed by atoms with E-state index in [1.807, 2.05) is 0 Å². The first kappa shape index (κ1) is 8.96. The van der Waals surface area contributed by atoms with Crippen LogP contribution in [0.1, 0.15) is 34.1 Å². The van der Waals surface area contributed by atoms with Crippen molar-refractivity contribution >= 4 is 0 Å². The minimum absolute atomic E-state index is 0. The lowest BCUT2D eigenvalue weighted by atomic mass is 10.1. The topological polar surface area (TPSA) is 12.5 Å². The third-order valence-corrected chi connectivity index (χ3v) is 1.47. The smallest absolute Gasteiger partial charge is 0.0810 e. The number of ether oxygens (including phenoxy) is 1. The molecule has 1 aliphatic heterocycles. The SMILES string of the molecule is C.CC(C)CCC1CO1. The van der Waals surface area contributed by atoms with Gasteiger partial charge in [0.15, 0.2) is 0 Å². The molecule has 1 unspecified atom stereocenters. The molecule has 0 radical (unpaired) electrons. The van der Waals surface area contributed by atoms with Crippen LogP contribution in [0, 0.1) is 5.92 Å². The molecule has 0 aromatic rings. The fraction of sp³-hybridized carbons (Fsp3) is 1.00. The van der Waals surface area contributed by atoms with Crippen LogP contribution in [0.5, 0.6) is 0 Å². The number of epoxide rings is 1. The summed E-state index contributed by atoms with van der Waals surface area (Å²) in [4.78, 5) is 0. The van der Waals surface area contributed by atoms with E-state index in [1.54, 1.807) is 0 Å². The summed E-state index contributed by atoms with van der Waals surface area (Å²) in [5, 5.41) is 0. The van der Waals surface area contributed by atoms with Crippen LogP contribution >= 0.6 is 0 Å². The zero-order valence-corrected chi connectivity index (χ0v) is 5.68. The van der Waals surface area contributed by atoms with Crippen molar-refractivity contribution in [3.05, 3.63) is 0 Å². The highest BCUT2D eigenvalue weighted by Crippen LogP contribution is 2.18. The average Bonchev–Trinajstić information content (AvgIpc) is 2.41. The zero-order chi connectivity index (χ0) is 5.98. The predicted molar refractivity (Wildman–Crippen MR) is 40.5 cm³/mol. The summed E-state index contributed by atoms with van der Waals surface area (Å²) >= 11 is 0. The molecule has 1 aliphatic rings. The van der Waals surface area contributed by atoms with E-state index in [0.717, 1.165) is 12.5 Å². The summed E-state index contributed by atoms with van der Waals surface area (Å²) < 4.78 is 5.06. The van der Waals surface area contributed by atoms with Gasteiger partial charge in [0, 0.05) is 0 Å². The maximum absolute atomic E-state index is 5.06. The summed E-state index contributed by atoms with van der Waals surface area (Å²) in [6.07, 6.45) is 3.24. The van der Waals surface area contributed by atoms with Crippen LogP contribution in [0.4, 0.5) is 0 Å². The summed E-state index contributed by atoms with van der Waals surface area (Å²) in [6, 6.07) is 0. The van der Waals surface area contributed by atoms with Crippen molar-refractivity contribution in [1.29, 1.82) is 0 Å². The number of hydrogen-bond acceptors (Lipinski definition) is 1. The lowest BCUT2D eigenvalue weighted by Crippen LogP contribution is -1.90.